The highest BCUT2D eigenvalue weighted by atomic mass is 32.2. The van der Waals surface area contributed by atoms with E-state index in [9.17, 15) is 28.2 Å². The molecule has 1 aromatic heterocycles. The van der Waals surface area contributed by atoms with Gasteiger partial charge in [0.1, 0.15) is 16.4 Å². The number of aromatic hydroxyl groups is 1. The highest BCUT2D eigenvalue weighted by Gasteiger charge is 2.33. The summed E-state index contributed by atoms with van der Waals surface area (Å²) in [6.45, 7) is 3.90. The molecular formula is C29H33NO7S. The number of fused-ring (bicyclic) bond motifs is 1. The molecule has 1 unspecified atom stereocenters. The molecule has 0 bridgehead atoms. The van der Waals surface area contributed by atoms with Crippen molar-refractivity contribution in [3.63, 3.8) is 0 Å². The first-order valence-corrected chi connectivity index (χ1v) is 14.4. The lowest BCUT2D eigenvalue weighted by molar-refractivity contribution is 0.0692. The zero-order valence-electron chi connectivity index (χ0n) is 21.6. The van der Waals surface area contributed by atoms with Crippen LogP contribution < -0.4 is 10.8 Å². The molecule has 8 nitrogen and oxygen atoms in total. The Labute approximate surface area is 222 Å². The van der Waals surface area contributed by atoms with Crippen molar-refractivity contribution < 1.29 is 27.8 Å². The lowest BCUT2D eigenvalue weighted by Gasteiger charge is -2.26. The highest BCUT2D eigenvalue weighted by Crippen LogP contribution is 2.44. The number of hydrogen-bond donors (Lipinski definition) is 3. The molecular weight excluding hydrogens is 506 g/mol. The lowest BCUT2D eigenvalue weighted by atomic mass is 9.79. The summed E-state index contributed by atoms with van der Waals surface area (Å²) in [5.74, 6) is -1.82. The van der Waals surface area contributed by atoms with Crippen molar-refractivity contribution in [3.05, 3.63) is 80.9 Å². The maximum Gasteiger partial charge on any atom is 0.343 e. The third-order valence-electron chi connectivity index (χ3n) is 7.09. The fraction of sp³-hybridized carbons (Fsp3) is 0.379. The van der Waals surface area contributed by atoms with Gasteiger partial charge in [-0.05, 0) is 48.8 Å². The molecule has 3 aromatic rings. The summed E-state index contributed by atoms with van der Waals surface area (Å²) in [5, 5.41) is 27.0. The zero-order valence-corrected chi connectivity index (χ0v) is 22.4. The van der Waals surface area contributed by atoms with E-state index in [4.69, 9.17) is 9.56 Å². The summed E-state index contributed by atoms with van der Waals surface area (Å²) in [4.78, 5) is 25.0. The monoisotopic (exact) mass is 539 g/mol. The van der Waals surface area contributed by atoms with Gasteiger partial charge in [-0.1, -0.05) is 63.1 Å². The van der Waals surface area contributed by atoms with E-state index in [1.54, 1.807) is 30.3 Å². The summed E-state index contributed by atoms with van der Waals surface area (Å²) >= 11 is 0. The average molecular weight is 540 g/mol. The number of primary sulfonamides is 1. The Hall–Kier alpha value is -3.43. The van der Waals surface area contributed by atoms with E-state index >= 15 is 0 Å². The molecule has 0 saturated carbocycles. The summed E-state index contributed by atoms with van der Waals surface area (Å²) < 4.78 is 31.5. The molecule has 0 aliphatic heterocycles. The topological polar surface area (TPSA) is 148 Å². The molecule has 0 spiro atoms. The summed E-state index contributed by atoms with van der Waals surface area (Å²) in [7, 11) is -4.51. The Bertz CT molecular complexity index is 1510. The van der Waals surface area contributed by atoms with Gasteiger partial charge in [0.15, 0.2) is 0 Å². The van der Waals surface area contributed by atoms with Crippen LogP contribution in [0.15, 0.2) is 56.6 Å². The SMILES string of the molecule is CC(C)CC(c1ccc(C(=O)O)c(S(N)(=O)=O)c1-c1ccccc1)c1c(O)c2c(oc1=O)CCCCCC2. The minimum absolute atomic E-state index is 0.0292. The minimum atomic E-state index is -4.51. The van der Waals surface area contributed by atoms with Gasteiger partial charge >= 0.3 is 11.6 Å². The number of nitrogens with two attached hydrogens (primary N) is 1. The molecule has 9 heteroatoms. The molecule has 1 atom stereocenters. The zero-order chi connectivity index (χ0) is 27.6. The maximum atomic E-state index is 13.4. The fourth-order valence-electron chi connectivity index (χ4n) is 5.45. The van der Waals surface area contributed by atoms with Gasteiger partial charge in [0.05, 0.1) is 11.1 Å². The molecule has 4 rings (SSSR count). The third kappa shape index (κ3) is 5.54. The van der Waals surface area contributed by atoms with Crippen LogP contribution in [0, 0.1) is 5.92 Å². The minimum Gasteiger partial charge on any atom is -0.507 e. The molecule has 202 valence electrons. The third-order valence-corrected chi connectivity index (χ3v) is 8.09. The van der Waals surface area contributed by atoms with Gasteiger partial charge in [-0.3, -0.25) is 0 Å². The predicted octanol–water partition coefficient (Wildman–Crippen LogP) is 5.20. The van der Waals surface area contributed by atoms with Gasteiger partial charge < -0.3 is 14.6 Å². The number of sulfonamides is 1. The number of carboxylic acids is 1. The maximum absolute atomic E-state index is 13.4. The number of carboxylic acid groups (broad SMARTS) is 1. The smallest absolute Gasteiger partial charge is 0.343 e. The molecule has 4 N–H and O–H groups in total. The van der Waals surface area contributed by atoms with E-state index in [0.717, 1.165) is 25.7 Å². The quantitative estimate of drug-likeness (QED) is 0.374. The lowest BCUT2D eigenvalue weighted by Crippen LogP contribution is -2.22. The number of aromatic carboxylic acids is 1. The number of carbonyl (C=O) groups is 1. The predicted molar refractivity (Wildman–Crippen MR) is 144 cm³/mol. The Morgan fingerprint density at radius 1 is 1.03 bits per heavy atom. The molecule has 0 amide bonds. The van der Waals surface area contributed by atoms with Gasteiger partial charge in [0.25, 0.3) is 0 Å². The van der Waals surface area contributed by atoms with E-state index in [0.29, 0.717) is 41.7 Å². The molecule has 0 radical (unpaired) electrons. The Kier molecular flexibility index (Phi) is 8.08. The summed E-state index contributed by atoms with van der Waals surface area (Å²) in [5.41, 5.74) is 0.440. The normalized spacial score (nSPS) is 14.9. The van der Waals surface area contributed by atoms with Crippen molar-refractivity contribution in [2.24, 2.45) is 11.1 Å². The summed E-state index contributed by atoms with van der Waals surface area (Å²) in [6, 6.07) is 11.2. The molecule has 0 fully saturated rings. The largest absolute Gasteiger partial charge is 0.507 e. The van der Waals surface area contributed by atoms with Crippen LogP contribution in [0.4, 0.5) is 0 Å². The van der Waals surface area contributed by atoms with E-state index < -0.39 is 38.0 Å². The van der Waals surface area contributed by atoms with Crippen molar-refractivity contribution in [3.8, 4) is 16.9 Å². The second-order valence-corrected chi connectivity index (χ2v) is 11.8. The van der Waals surface area contributed by atoms with E-state index in [2.05, 4.69) is 0 Å². The van der Waals surface area contributed by atoms with Gasteiger partial charge in [-0.25, -0.2) is 23.1 Å². The number of hydrogen-bond acceptors (Lipinski definition) is 6. The number of rotatable bonds is 7. The molecule has 2 aromatic carbocycles. The van der Waals surface area contributed by atoms with Crippen LogP contribution in [0.1, 0.15) is 84.7 Å². The van der Waals surface area contributed by atoms with Crippen molar-refractivity contribution in [1.82, 2.24) is 0 Å². The second-order valence-electron chi connectivity index (χ2n) is 10.3. The average Bonchev–Trinajstić information content (AvgIpc) is 2.83. The van der Waals surface area contributed by atoms with Crippen LogP contribution in [0.3, 0.4) is 0 Å². The highest BCUT2D eigenvalue weighted by molar-refractivity contribution is 7.89. The van der Waals surface area contributed by atoms with Crippen LogP contribution >= 0.6 is 0 Å². The van der Waals surface area contributed by atoms with E-state index in [-0.39, 0.29) is 22.8 Å². The van der Waals surface area contributed by atoms with Crippen LogP contribution in [0.25, 0.3) is 11.1 Å². The Balaban J connectivity index is 2.10. The first-order valence-electron chi connectivity index (χ1n) is 12.9. The number of aryl methyl sites for hydroxylation is 1. The van der Waals surface area contributed by atoms with Crippen LogP contribution in [-0.2, 0) is 22.9 Å². The second kappa shape index (κ2) is 11.1. The molecule has 38 heavy (non-hydrogen) atoms. The van der Waals surface area contributed by atoms with Crippen molar-refractivity contribution in [2.45, 2.75) is 69.6 Å². The molecule has 1 heterocycles. The van der Waals surface area contributed by atoms with Gasteiger partial charge in [0.2, 0.25) is 10.0 Å². The van der Waals surface area contributed by atoms with E-state index in [1.165, 1.54) is 12.1 Å². The van der Waals surface area contributed by atoms with Gasteiger partial charge in [-0.15, -0.1) is 0 Å². The molecule has 1 aliphatic carbocycles. The van der Waals surface area contributed by atoms with E-state index in [1.807, 2.05) is 13.8 Å². The fourth-order valence-corrected chi connectivity index (χ4v) is 6.44. The number of benzene rings is 2. The van der Waals surface area contributed by atoms with Gasteiger partial charge in [0, 0.05) is 23.5 Å². The first kappa shape index (κ1) is 27.6. The molecule has 1 aliphatic rings. The van der Waals surface area contributed by atoms with Gasteiger partial charge in [-0.2, -0.15) is 0 Å². The van der Waals surface area contributed by atoms with Crippen LogP contribution in [0.5, 0.6) is 5.75 Å². The van der Waals surface area contributed by atoms with Crippen LogP contribution in [-0.4, -0.2) is 24.6 Å². The molecule has 0 saturated heterocycles. The Morgan fingerprint density at radius 2 is 1.68 bits per heavy atom. The summed E-state index contributed by atoms with van der Waals surface area (Å²) in [6.07, 6.45) is 5.23. The van der Waals surface area contributed by atoms with Crippen molar-refractivity contribution >= 4 is 16.0 Å². The van der Waals surface area contributed by atoms with Crippen LogP contribution in [0.2, 0.25) is 0 Å². The Morgan fingerprint density at radius 3 is 2.29 bits per heavy atom. The first-order chi connectivity index (χ1) is 18.0. The van der Waals surface area contributed by atoms with Crippen molar-refractivity contribution in [2.75, 3.05) is 0 Å². The van der Waals surface area contributed by atoms with Crippen molar-refractivity contribution in [1.29, 1.82) is 0 Å². The standard InChI is InChI=1S/C29H33NO7S/c1-17(2)16-22(25-26(31)20-12-8-3-4-9-13-23(20)37-29(25)34)19-14-15-21(28(32)33)27(38(30,35)36)24(19)18-10-6-5-7-11-18/h5-7,10-11,14-15,17,22,31H,3-4,8-9,12-13,16H2,1-2H3,(H,32,33)(H2,30,35,36).